The molecule has 0 spiro atoms. The van der Waals surface area contributed by atoms with Crippen LogP contribution in [0.2, 0.25) is 0 Å². The number of nitrogens with one attached hydrogen (secondary N) is 1. The van der Waals surface area contributed by atoms with E-state index in [1.165, 1.54) is 4.90 Å². The Hall–Kier alpha value is -4.68. The van der Waals surface area contributed by atoms with E-state index in [2.05, 4.69) is 5.32 Å². The van der Waals surface area contributed by atoms with Gasteiger partial charge in [0.2, 0.25) is 11.8 Å². The van der Waals surface area contributed by atoms with Crippen LogP contribution >= 0.6 is 0 Å². The molecule has 2 aromatic carbocycles. The molecule has 2 atom stereocenters. The number of imide groups is 1. The summed E-state index contributed by atoms with van der Waals surface area (Å²) in [6.45, 7) is 5.29. The van der Waals surface area contributed by atoms with Gasteiger partial charge in [-0.25, -0.2) is 8.78 Å². The number of aromatic nitrogens is 1. The van der Waals surface area contributed by atoms with Gasteiger partial charge in [-0.2, -0.15) is 0 Å². The van der Waals surface area contributed by atoms with Crippen molar-refractivity contribution in [1.29, 1.82) is 0 Å². The summed E-state index contributed by atoms with van der Waals surface area (Å²) >= 11 is 0. The Bertz CT molecular complexity index is 1600. The van der Waals surface area contributed by atoms with Gasteiger partial charge in [-0.3, -0.25) is 24.1 Å². The zero-order chi connectivity index (χ0) is 33.6. The maximum atomic E-state index is 14.9. The lowest BCUT2D eigenvalue weighted by Crippen LogP contribution is -2.48. The van der Waals surface area contributed by atoms with Gasteiger partial charge in [-0.1, -0.05) is 51.1 Å². The summed E-state index contributed by atoms with van der Waals surface area (Å²) in [4.78, 5) is 52.1. The van der Waals surface area contributed by atoms with Crippen molar-refractivity contribution >= 4 is 23.6 Å². The van der Waals surface area contributed by atoms with Crippen molar-refractivity contribution in [1.82, 2.24) is 19.7 Å². The van der Waals surface area contributed by atoms with Gasteiger partial charge in [-0.05, 0) is 41.7 Å². The highest BCUT2D eigenvalue weighted by molar-refractivity contribution is 6.12. The summed E-state index contributed by atoms with van der Waals surface area (Å²) in [5, 5.41) is 12.6. The maximum Gasteiger partial charge on any atom is 0.253 e. The van der Waals surface area contributed by atoms with E-state index in [4.69, 9.17) is 5.73 Å². The zero-order valence-electron chi connectivity index (χ0n) is 26.1. The topological polar surface area (TPSA) is 138 Å². The lowest BCUT2D eigenvalue weighted by atomic mass is 9.82. The van der Waals surface area contributed by atoms with E-state index in [-0.39, 0.29) is 31.6 Å². The predicted octanol–water partition coefficient (Wildman–Crippen LogP) is 3.15. The van der Waals surface area contributed by atoms with E-state index < -0.39 is 59.4 Å². The van der Waals surface area contributed by atoms with Crippen LogP contribution in [0.25, 0.3) is 11.1 Å². The minimum Gasteiger partial charge on any atom is -0.387 e. The first-order chi connectivity index (χ1) is 21.8. The van der Waals surface area contributed by atoms with Gasteiger partial charge in [0.05, 0.1) is 12.1 Å². The van der Waals surface area contributed by atoms with Crippen molar-refractivity contribution < 1.29 is 33.1 Å². The Morgan fingerprint density at radius 2 is 1.70 bits per heavy atom. The summed E-state index contributed by atoms with van der Waals surface area (Å²) in [6.07, 6.45) is 4.05. The third-order valence-electron chi connectivity index (χ3n) is 7.79. The monoisotopic (exact) mass is 635 g/mol. The van der Waals surface area contributed by atoms with Crippen molar-refractivity contribution in [3.63, 3.8) is 0 Å². The van der Waals surface area contributed by atoms with Gasteiger partial charge in [0.1, 0.15) is 18.2 Å². The molecule has 244 valence electrons. The number of carbonyl (C=O) groups excluding carboxylic acids is 4. The van der Waals surface area contributed by atoms with E-state index in [9.17, 15) is 33.1 Å². The molecule has 0 radical (unpaired) electrons. The van der Waals surface area contributed by atoms with E-state index in [1.54, 1.807) is 12.3 Å². The third-order valence-corrected chi connectivity index (χ3v) is 7.79. The van der Waals surface area contributed by atoms with Crippen molar-refractivity contribution in [2.75, 3.05) is 26.2 Å². The Morgan fingerprint density at radius 3 is 2.33 bits per heavy atom. The smallest absolute Gasteiger partial charge is 0.253 e. The number of nitrogens with zero attached hydrogens (tertiary/aromatic N) is 3. The molecule has 12 heteroatoms. The molecular formula is C34H39F2N5O5. The van der Waals surface area contributed by atoms with Gasteiger partial charge in [0, 0.05) is 61.3 Å². The molecule has 46 heavy (non-hydrogen) atoms. The molecule has 4 N–H and O–H groups in total. The quantitative estimate of drug-likeness (QED) is 0.247. The summed E-state index contributed by atoms with van der Waals surface area (Å²) in [5.41, 5.74) is 7.58. The fraction of sp³-hybridized carbons (Fsp3) is 0.353. The Balaban J connectivity index is 1.62. The van der Waals surface area contributed by atoms with Gasteiger partial charge in [0.25, 0.3) is 11.8 Å². The van der Waals surface area contributed by atoms with E-state index in [0.717, 1.165) is 40.8 Å². The minimum absolute atomic E-state index is 0.00200. The van der Waals surface area contributed by atoms with Crippen LogP contribution in [0.3, 0.4) is 0 Å². The SMILES string of the molecule is CC(C)(C)C(c1cc(-c2cc(F)ccc2F)cn1Cc1ccccc1)N(CCC(N)C(=O)NCCN1C(=O)C=CC1=O)C(=O)CO. The molecule has 0 fully saturated rings. The van der Waals surface area contributed by atoms with Crippen LogP contribution in [-0.2, 0) is 25.7 Å². The predicted molar refractivity (Wildman–Crippen MR) is 168 cm³/mol. The molecule has 0 aliphatic carbocycles. The number of rotatable bonds is 13. The standard InChI is InChI=1S/C34H39F2N5O5/c1-34(2,3)32(41(31(45)21-42)15-13-27(37)33(46)38-14-16-40-29(43)11-12-30(40)44)28-17-23(25-18-24(35)9-10-26(25)36)20-39(28)19-22-7-5-4-6-8-22/h4-12,17-18,20,27,32,42H,13-16,19,21,37H2,1-3H3,(H,38,46). The minimum atomic E-state index is -1.05. The molecule has 0 saturated carbocycles. The number of carbonyl (C=O) groups is 4. The van der Waals surface area contributed by atoms with Crippen LogP contribution in [0.1, 0.15) is 44.5 Å². The van der Waals surface area contributed by atoms with Crippen LogP contribution < -0.4 is 11.1 Å². The first kappa shape index (κ1) is 34.2. The van der Waals surface area contributed by atoms with Gasteiger partial charge in [-0.15, -0.1) is 0 Å². The number of halogens is 2. The van der Waals surface area contributed by atoms with Crippen LogP contribution in [0, 0.1) is 17.0 Å². The molecule has 4 rings (SSSR count). The number of nitrogens with two attached hydrogens (primary N) is 1. The number of benzene rings is 2. The van der Waals surface area contributed by atoms with Crippen molar-refractivity contribution in [3.05, 3.63) is 95.8 Å². The molecule has 1 aromatic heterocycles. The summed E-state index contributed by atoms with van der Waals surface area (Å²) in [6, 6.07) is 12.7. The van der Waals surface area contributed by atoms with E-state index in [1.807, 2.05) is 55.7 Å². The van der Waals surface area contributed by atoms with E-state index >= 15 is 0 Å². The fourth-order valence-corrected chi connectivity index (χ4v) is 5.58. The van der Waals surface area contributed by atoms with Crippen molar-refractivity contribution in [3.8, 4) is 11.1 Å². The van der Waals surface area contributed by atoms with Crippen LogP contribution in [0.15, 0.2) is 72.9 Å². The second-order valence-corrected chi connectivity index (χ2v) is 12.3. The highest BCUT2D eigenvalue weighted by atomic mass is 19.1. The number of hydrogen-bond donors (Lipinski definition) is 3. The van der Waals surface area contributed by atoms with Gasteiger partial charge < -0.3 is 25.6 Å². The molecule has 1 aliphatic heterocycles. The Kier molecular flexibility index (Phi) is 10.9. The molecule has 0 bridgehead atoms. The fourth-order valence-electron chi connectivity index (χ4n) is 5.58. The third kappa shape index (κ3) is 8.12. The molecular weight excluding hydrogens is 596 g/mol. The molecule has 3 aromatic rings. The zero-order valence-corrected chi connectivity index (χ0v) is 26.1. The Labute approximate surface area is 266 Å². The largest absolute Gasteiger partial charge is 0.387 e. The molecule has 2 heterocycles. The maximum absolute atomic E-state index is 14.9. The van der Waals surface area contributed by atoms with Crippen molar-refractivity contribution in [2.24, 2.45) is 11.1 Å². The number of amides is 4. The first-order valence-corrected chi connectivity index (χ1v) is 15.0. The van der Waals surface area contributed by atoms with Crippen molar-refractivity contribution in [2.45, 2.75) is 45.8 Å². The average molecular weight is 636 g/mol. The number of aliphatic hydroxyl groups is 1. The second kappa shape index (κ2) is 14.6. The molecule has 0 saturated heterocycles. The lowest BCUT2D eigenvalue weighted by molar-refractivity contribution is -0.140. The summed E-state index contributed by atoms with van der Waals surface area (Å²) in [5.74, 6) is -3.26. The molecule has 4 amide bonds. The van der Waals surface area contributed by atoms with E-state index in [0.29, 0.717) is 17.8 Å². The average Bonchev–Trinajstić information content (AvgIpc) is 3.57. The summed E-state index contributed by atoms with van der Waals surface area (Å²) in [7, 11) is 0. The first-order valence-electron chi connectivity index (χ1n) is 15.0. The number of aliphatic hydroxyl groups excluding tert-OH is 1. The highest BCUT2D eigenvalue weighted by Gasteiger charge is 2.37. The molecule has 2 unspecified atom stereocenters. The highest BCUT2D eigenvalue weighted by Crippen LogP contribution is 2.41. The Morgan fingerprint density at radius 1 is 1.02 bits per heavy atom. The van der Waals surface area contributed by atoms with Crippen LogP contribution in [-0.4, -0.2) is 75.4 Å². The normalized spacial score (nSPS) is 14.5. The van der Waals surface area contributed by atoms with Gasteiger partial charge in [0.15, 0.2) is 0 Å². The summed E-state index contributed by atoms with van der Waals surface area (Å²) < 4.78 is 31.0. The van der Waals surface area contributed by atoms with Crippen LogP contribution in [0.4, 0.5) is 8.78 Å². The lowest BCUT2D eigenvalue weighted by Gasteiger charge is -2.41. The van der Waals surface area contributed by atoms with Gasteiger partial charge >= 0.3 is 0 Å². The second-order valence-electron chi connectivity index (χ2n) is 12.3. The molecule has 10 nitrogen and oxygen atoms in total. The number of hydrogen-bond acceptors (Lipinski definition) is 6. The molecule has 1 aliphatic rings. The van der Waals surface area contributed by atoms with Crippen LogP contribution in [0.5, 0.6) is 0 Å².